The van der Waals surface area contributed by atoms with E-state index in [2.05, 4.69) is 74.7 Å². The lowest BCUT2D eigenvalue weighted by atomic mass is 10.0. The lowest BCUT2D eigenvalue weighted by Crippen LogP contribution is -2.41. The van der Waals surface area contributed by atoms with Crippen molar-refractivity contribution >= 4 is 16.6 Å². The van der Waals surface area contributed by atoms with Gasteiger partial charge < -0.3 is 5.32 Å². The van der Waals surface area contributed by atoms with Crippen molar-refractivity contribution in [1.29, 1.82) is 0 Å². The van der Waals surface area contributed by atoms with Gasteiger partial charge in [0.15, 0.2) is 0 Å². The molecule has 4 heteroatoms. The van der Waals surface area contributed by atoms with Gasteiger partial charge in [0, 0.05) is 35.8 Å². The number of hydrogen-bond acceptors (Lipinski definition) is 3. The third-order valence-electron chi connectivity index (χ3n) is 4.95. The van der Waals surface area contributed by atoms with Crippen molar-refractivity contribution in [3.63, 3.8) is 0 Å². The van der Waals surface area contributed by atoms with Crippen LogP contribution in [0.3, 0.4) is 0 Å². The molecule has 0 bridgehead atoms. The minimum atomic E-state index is 0.485. The highest BCUT2D eigenvalue weighted by atomic mass is 15.2. The van der Waals surface area contributed by atoms with Gasteiger partial charge in [-0.05, 0) is 62.2 Å². The molecule has 1 aromatic heterocycles. The fourth-order valence-corrected chi connectivity index (χ4v) is 3.68. The van der Waals surface area contributed by atoms with E-state index in [1.165, 1.54) is 24.1 Å². The van der Waals surface area contributed by atoms with E-state index in [4.69, 9.17) is 0 Å². The van der Waals surface area contributed by atoms with Crippen LogP contribution in [0.5, 0.6) is 0 Å². The number of likely N-dealkylation sites (tertiary alicyclic amines) is 1. The summed E-state index contributed by atoms with van der Waals surface area (Å²) in [7, 11) is 0. The lowest BCUT2D eigenvalue weighted by molar-refractivity contribution is 0.208. The highest BCUT2D eigenvalue weighted by molar-refractivity contribution is 5.81. The van der Waals surface area contributed by atoms with Crippen LogP contribution in [0.25, 0.3) is 10.9 Å². The lowest BCUT2D eigenvalue weighted by Gasteiger charge is -2.33. The molecule has 1 aliphatic rings. The van der Waals surface area contributed by atoms with Gasteiger partial charge in [0.1, 0.15) is 0 Å². The van der Waals surface area contributed by atoms with Crippen molar-refractivity contribution in [3.05, 3.63) is 59.8 Å². The van der Waals surface area contributed by atoms with Crippen molar-refractivity contribution in [1.82, 2.24) is 15.1 Å². The second-order valence-corrected chi connectivity index (χ2v) is 6.96. The molecule has 0 amide bonds. The van der Waals surface area contributed by atoms with Gasteiger partial charge in [0.25, 0.3) is 0 Å². The molecule has 0 saturated carbocycles. The molecule has 4 nitrogen and oxygen atoms in total. The molecular formula is C22H24N4. The maximum atomic E-state index is 4.10. The summed E-state index contributed by atoms with van der Waals surface area (Å²) >= 11 is 0. The summed E-state index contributed by atoms with van der Waals surface area (Å²) in [5, 5.41) is 12.0. The first kappa shape index (κ1) is 16.7. The normalized spacial score (nSPS) is 17.7. The zero-order valence-corrected chi connectivity index (χ0v) is 15.1. The van der Waals surface area contributed by atoms with Crippen LogP contribution >= 0.6 is 0 Å². The monoisotopic (exact) mass is 344 g/mol. The fourth-order valence-electron chi connectivity index (χ4n) is 3.68. The molecule has 1 unspecified atom stereocenters. The van der Waals surface area contributed by atoms with Gasteiger partial charge in [-0.25, -0.2) is 0 Å². The Morgan fingerprint density at radius 1 is 1.23 bits per heavy atom. The van der Waals surface area contributed by atoms with Gasteiger partial charge in [-0.2, -0.15) is 5.10 Å². The first-order valence-corrected chi connectivity index (χ1v) is 9.24. The molecule has 26 heavy (non-hydrogen) atoms. The Balaban J connectivity index is 1.37. The zero-order chi connectivity index (χ0) is 17.8. The number of rotatable bonds is 4. The molecular weight excluding hydrogens is 320 g/mol. The van der Waals surface area contributed by atoms with Crippen LogP contribution < -0.4 is 5.32 Å². The van der Waals surface area contributed by atoms with Gasteiger partial charge in [-0.3, -0.25) is 10.00 Å². The van der Waals surface area contributed by atoms with Crippen molar-refractivity contribution in [2.24, 2.45) is 0 Å². The number of anilines is 1. The average Bonchev–Trinajstić information content (AvgIpc) is 3.12. The SMILES string of the molecule is CC#Cc1ccc(CN2CCCC(Nc3ccc4[nH]ncc4c3)C2)cc1. The Labute approximate surface area is 154 Å². The summed E-state index contributed by atoms with van der Waals surface area (Å²) in [6.45, 7) is 5.10. The predicted molar refractivity (Wildman–Crippen MR) is 107 cm³/mol. The van der Waals surface area contributed by atoms with E-state index in [0.717, 1.165) is 36.1 Å². The van der Waals surface area contributed by atoms with Gasteiger partial charge in [0.05, 0.1) is 11.7 Å². The first-order chi connectivity index (χ1) is 12.8. The molecule has 1 fully saturated rings. The van der Waals surface area contributed by atoms with Crippen LogP contribution in [0.15, 0.2) is 48.7 Å². The zero-order valence-electron chi connectivity index (χ0n) is 15.1. The molecule has 0 aliphatic carbocycles. The number of benzene rings is 2. The van der Waals surface area contributed by atoms with Crippen molar-refractivity contribution in [2.75, 3.05) is 18.4 Å². The summed E-state index contributed by atoms with van der Waals surface area (Å²) in [6, 6.07) is 15.5. The van der Waals surface area contributed by atoms with E-state index in [0.29, 0.717) is 6.04 Å². The number of nitrogens with one attached hydrogen (secondary N) is 2. The molecule has 2 N–H and O–H groups in total. The highest BCUT2D eigenvalue weighted by Gasteiger charge is 2.20. The number of nitrogens with zero attached hydrogens (tertiary/aromatic N) is 2. The predicted octanol–water partition coefficient (Wildman–Crippen LogP) is 4.01. The molecule has 0 spiro atoms. The van der Waals surface area contributed by atoms with Gasteiger partial charge in [-0.15, -0.1) is 5.92 Å². The Morgan fingerprint density at radius 3 is 2.96 bits per heavy atom. The molecule has 1 aliphatic heterocycles. The summed E-state index contributed by atoms with van der Waals surface area (Å²) in [5.74, 6) is 6.05. The van der Waals surface area contributed by atoms with Crippen molar-refractivity contribution in [3.8, 4) is 11.8 Å². The summed E-state index contributed by atoms with van der Waals surface area (Å²) in [6.07, 6.45) is 4.32. The summed E-state index contributed by atoms with van der Waals surface area (Å²) in [4.78, 5) is 2.54. The topological polar surface area (TPSA) is 44.0 Å². The standard InChI is InChI=1S/C22H24N4/c1-2-4-17-6-8-18(9-7-17)15-26-12-3-5-21(16-26)24-20-10-11-22-19(13-20)14-23-25-22/h6-11,13-14,21,24H,3,5,12,15-16H2,1H3,(H,23,25). The van der Waals surface area contributed by atoms with Crippen LogP contribution in [-0.2, 0) is 6.54 Å². The van der Waals surface area contributed by atoms with Crippen LogP contribution in [0.2, 0.25) is 0 Å². The number of piperidine rings is 1. The van der Waals surface area contributed by atoms with Crippen LogP contribution in [-0.4, -0.2) is 34.2 Å². The fraction of sp³-hybridized carbons (Fsp3) is 0.318. The Hall–Kier alpha value is -2.77. The molecule has 1 atom stereocenters. The van der Waals surface area contributed by atoms with E-state index in [9.17, 15) is 0 Å². The maximum Gasteiger partial charge on any atom is 0.0651 e. The molecule has 0 radical (unpaired) electrons. The quantitative estimate of drug-likeness (QED) is 0.703. The molecule has 132 valence electrons. The number of aromatic amines is 1. The van der Waals surface area contributed by atoms with E-state index in [1.54, 1.807) is 0 Å². The van der Waals surface area contributed by atoms with Gasteiger partial charge in [-0.1, -0.05) is 18.1 Å². The third-order valence-corrected chi connectivity index (χ3v) is 4.95. The smallest absolute Gasteiger partial charge is 0.0651 e. The average molecular weight is 344 g/mol. The molecule has 4 rings (SSSR count). The molecule has 1 saturated heterocycles. The second-order valence-electron chi connectivity index (χ2n) is 6.96. The van der Waals surface area contributed by atoms with Gasteiger partial charge >= 0.3 is 0 Å². The van der Waals surface area contributed by atoms with E-state index in [1.807, 2.05) is 13.1 Å². The van der Waals surface area contributed by atoms with Gasteiger partial charge in [0.2, 0.25) is 0 Å². The molecule has 2 aromatic carbocycles. The summed E-state index contributed by atoms with van der Waals surface area (Å²) in [5.41, 5.74) is 4.70. The van der Waals surface area contributed by atoms with Crippen molar-refractivity contribution < 1.29 is 0 Å². The largest absolute Gasteiger partial charge is 0.381 e. The molecule has 2 heterocycles. The minimum absolute atomic E-state index is 0.485. The third kappa shape index (κ3) is 3.89. The van der Waals surface area contributed by atoms with E-state index in [-0.39, 0.29) is 0 Å². The molecule has 3 aromatic rings. The second kappa shape index (κ2) is 7.63. The number of fused-ring (bicyclic) bond motifs is 1. The number of H-pyrrole nitrogens is 1. The van der Waals surface area contributed by atoms with E-state index >= 15 is 0 Å². The Kier molecular flexibility index (Phi) is 4.90. The van der Waals surface area contributed by atoms with Crippen LogP contribution in [0.4, 0.5) is 5.69 Å². The van der Waals surface area contributed by atoms with E-state index < -0.39 is 0 Å². The van der Waals surface area contributed by atoms with Crippen LogP contribution in [0.1, 0.15) is 30.9 Å². The Bertz CT molecular complexity index is 930. The number of hydrogen-bond donors (Lipinski definition) is 2. The minimum Gasteiger partial charge on any atom is -0.381 e. The highest BCUT2D eigenvalue weighted by Crippen LogP contribution is 2.21. The van der Waals surface area contributed by atoms with Crippen molar-refractivity contribution in [2.45, 2.75) is 32.4 Å². The Morgan fingerprint density at radius 2 is 2.12 bits per heavy atom. The first-order valence-electron chi connectivity index (χ1n) is 9.24. The van der Waals surface area contributed by atoms with Crippen LogP contribution in [0, 0.1) is 11.8 Å². The summed E-state index contributed by atoms with van der Waals surface area (Å²) < 4.78 is 0. The number of aromatic nitrogens is 2. The maximum absolute atomic E-state index is 4.10.